The monoisotopic (exact) mass is 468 g/mol. The zero-order valence-electron chi connectivity index (χ0n) is 16.5. The fourth-order valence-electron chi connectivity index (χ4n) is 2.60. The van der Waals surface area contributed by atoms with Crippen molar-refractivity contribution in [3.05, 3.63) is 48.0 Å². The van der Waals surface area contributed by atoms with Crippen LogP contribution in [0, 0.1) is 0 Å². The second-order valence-corrected chi connectivity index (χ2v) is 9.31. The van der Waals surface area contributed by atoms with Gasteiger partial charge in [-0.1, -0.05) is 17.4 Å². The molecule has 0 radical (unpaired) electrons. The highest BCUT2D eigenvalue weighted by Crippen LogP contribution is 2.31. The molecule has 0 fully saturated rings. The first-order chi connectivity index (χ1) is 14.7. The number of alkyl halides is 2. The van der Waals surface area contributed by atoms with Gasteiger partial charge in [0.15, 0.2) is 26.5 Å². The normalized spacial score (nSPS) is 11.9. The van der Waals surface area contributed by atoms with Crippen molar-refractivity contribution < 1.29 is 31.5 Å². The van der Waals surface area contributed by atoms with E-state index >= 15 is 0 Å². The molecule has 1 N–H and O–H groups in total. The first kappa shape index (κ1) is 22.6. The standard InChI is InChI=1S/C20H18F2N2O5S2/c1-3-28-16-10-12(4-8-15(16)29-19(21)22)5-9-18(25)24-20-23-14-7-6-13(31(2,26)27)11-17(14)30-20/h4-11,19H,3H2,1-2H3,(H,23,24,25)/b9-5+. The Balaban J connectivity index is 1.73. The van der Waals surface area contributed by atoms with Gasteiger partial charge in [0, 0.05) is 12.3 Å². The molecule has 0 saturated carbocycles. The molecule has 0 saturated heterocycles. The quantitative estimate of drug-likeness (QED) is 0.494. The van der Waals surface area contributed by atoms with Crippen molar-refractivity contribution >= 4 is 48.5 Å². The average molecular weight is 469 g/mol. The molecule has 1 amide bonds. The lowest BCUT2D eigenvalue weighted by atomic mass is 10.2. The van der Waals surface area contributed by atoms with Crippen LogP contribution in [-0.2, 0) is 14.6 Å². The first-order valence-electron chi connectivity index (χ1n) is 8.97. The summed E-state index contributed by atoms with van der Waals surface area (Å²) in [6.45, 7) is -1.01. The number of benzene rings is 2. The van der Waals surface area contributed by atoms with Crippen LogP contribution in [0.25, 0.3) is 16.3 Å². The third-order valence-electron chi connectivity index (χ3n) is 3.93. The maximum absolute atomic E-state index is 12.5. The predicted octanol–water partition coefficient (Wildman–Crippen LogP) is 4.35. The summed E-state index contributed by atoms with van der Waals surface area (Å²) in [5.74, 6) is -0.423. The number of aromatic nitrogens is 1. The molecule has 31 heavy (non-hydrogen) atoms. The summed E-state index contributed by atoms with van der Waals surface area (Å²) < 4.78 is 58.6. The number of carbonyl (C=O) groups is 1. The molecule has 0 aliphatic carbocycles. The van der Waals surface area contributed by atoms with Crippen molar-refractivity contribution in [2.24, 2.45) is 0 Å². The van der Waals surface area contributed by atoms with E-state index in [4.69, 9.17) is 4.74 Å². The molecule has 164 valence electrons. The Morgan fingerprint density at radius 2 is 2.00 bits per heavy atom. The van der Waals surface area contributed by atoms with Gasteiger partial charge in [0.05, 0.1) is 21.7 Å². The Morgan fingerprint density at radius 1 is 1.23 bits per heavy atom. The van der Waals surface area contributed by atoms with Crippen LogP contribution in [0.15, 0.2) is 47.4 Å². The van der Waals surface area contributed by atoms with Crippen molar-refractivity contribution in [2.75, 3.05) is 18.2 Å². The SMILES string of the molecule is CCOc1cc(/C=C/C(=O)Nc2nc3ccc(S(C)(=O)=O)cc3s2)ccc1OC(F)F. The number of hydrogen-bond acceptors (Lipinski definition) is 7. The van der Waals surface area contributed by atoms with Crippen LogP contribution >= 0.6 is 11.3 Å². The molecule has 11 heteroatoms. The first-order valence-corrected chi connectivity index (χ1v) is 11.7. The predicted molar refractivity (Wildman–Crippen MR) is 115 cm³/mol. The van der Waals surface area contributed by atoms with E-state index in [1.54, 1.807) is 13.0 Å². The topological polar surface area (TPSA) is 94.6 Å². The molecule has 0 unspecified atom stereocenters. The minimum atomic E-state index is -3.35. The molecule has 0 aliphatic rings. The Labute approximate surface area is 181 Å². The van der Waals surface area contributed by atoms with E-state index in [2.05, 4.69) is 15.0 Å². The second-order valence-electron chi connectivity index (χ2n) is 6.26. The molecular weight excluding hydrogens is 450 g/mol. The Kier molecular flexibility index (Phi) is 6.86. The number of hydrogen-bond donors (Lipinski definition) is 1. The average Bonchev–Trinajstić information content (AvgIpc) is 3.08. The number of anilines is 1. The molecule has 0 atom stereocenters. The lowest BCUT2D eigenvalue weighted by molar-refractivity contribution is -0.111. The summed E-state index contributed by atoms with van der Waals surface area (Å²) in [6.07, 6.45) is 3.86. The largest absolute Gasteiger partial charge is 0.490 e. The van der Waals surface area contributed by atoms with Gasteiger partial charge < -0.3 is 9.47 Å². The Morgan fingerprint density at radius 3 is 2.68 bits per heavy atom. The zero-order valence-corrected chi connectivity index (χ0v) is 18.1. The van der Waals surface area contributed by atoms with Crippen LogP contribution in [-0.4, -0.2) is 38.8 Å². The molecule has 0 aliphatic heterocycles. The van der Waals surface area contributed by atoms with Crippen LogP contribution in [0.1, 0.15) is 12.5 Å². The van der Waals surface area contributed by atoms with Crippen LogP contribution in [0.4, 0.5) is 13.9 Å². The Hall–Kier alpha value is -3.05. The van der Waals surface area contributed by atoms with Gasteiger partial charge in [0.1, 0.15) is 0 Å². The summed E-state index contributed by atoms with van der Waals surface area (Å²) in [4.78, 5) is 16.7. The van der Waals surface area contributed by atoms with E-state index in [9.17, 15) is 22.0 Å². The number of nitrogens with zero attached hydrogens (tertiary/aromatic N) is 1. The van der Waals surface area contributed by atoms with E-state index in [-0.39, 0.29) is 23.0 Å². The molecule has 1 aromatic heterocycles. The minimum Gasteiger partial charge on any atom is -0.490 e. The lowest BCUT2D eigenvalue weighted by Gasteiger charge is -2.11. The molecule has 0 spiro atoms. The van der Waals surface area contributed by atoms with Gasteiger partial charge in [0.2, 0.25) is 5.91 Å². The van der Waals surface area contributed by atoms with Gasteiger partial charge in [-0.25, -0.2) is 13.4 Å². The molecule has 2 aromatic carbocycles. The van der Waals surface area contributed by atoms with E-state index in [1.807, 2.05) is 0 Å². The molecular formula is C20H18F2N2O5S2. The summed E-state index contributed by atoms with van der Waals surface area (Å²) in [5.41, 5.74) is 1.11. The van der Waals surface area contributed by atoms with Gasteiger partial charge in [-0.05, 0) is 48.9 Å². The highest BCUT2D eigenvalue weighted by atomic mass is 32.2. The minimum absolute atomic E-state index is 0.0959. The smallest absolute Gasteiger partial charge is 0.387 e. The fraction of sp³-hybridized carbons (Fsp3) is 0.200. The van der Waals surface area contributed by atoms with Gasteiger partial charge in [-0.2, -0.15) is 8.78 Å². The number of carbonyl (C=O) groups excluding carboxylic acids is 1. The maximum atomic E-state index is 12.5. The van der Waals surface area contributed by atoms with E-state index in [1.165, 1.54) is 42.5 Å². The van der Waals surface area contributed by atoms with Crippen LogP contribution in [0.3, 0.4) is 0 Å². The number of rotatable bonds is 8. The molecule has 0 bridgehead atoms. The number of fused-ring (bicyclic) bond motifs is 1. The number of amides is 1. The summed E-state index contributed by atoms with van der Waals surface area (Å²) in [6, 6.07) is 8.86. The number of thiazole rings is 1. The zero-order chi connectivity index (χ0) is 22.6. The van der Waals surface area contributed by atoms with Crippen LogP contribution in [0.2, 0.25) is 0 Å². The van der Waals surface area contributed by atoms with Crippen molar-refractivity contribution in [1.82, 2.24) is 4.98 Å². The second kappa shape index (κ2) is 9.40. The summed E-state index contributed by atoms with van der Waals surface area (Å²) >= 11 is 1.15. The van der Waals surface area contributed by atoms with Crippen molar-refractivity contribution in [2.45, 2.75) is 18.4 Å². The van der Waals surface area contributed by atoms with Gasteiger partial charge in [-0.15, -0.1) is 0 Å². The van der Waals surface area contributed by atoms with Crippen molar-refractivity contribution in [1.29, 1.82) is 0 Å². The molecule has 7 nitrogen and oxygen atoms in total. The fourth-order valence-corrected chi connectivity index (χ4v) is 4.23. The van der Waals surface area contributed by atoms with Crippen molar-refractivity contribution in [3.8, 4) is 11.5 Å². The summed E-state index contributed by atoms with van der Waals surface area (Å²) in [5, 5.41) is 2.93. The maximum Gasteiger partial charge on any atom is 0.387 e. The van der Waals surface area contributed by atoms with Crippen LogP contribution in [0.5, 0.6) is 11.5 Å². The van der Waals surface area contributed by atoms with Gasteiger partial charge in [-0.3, -0.25) is 10.1 Å². The third kappa shape index (κ3) is 5.98. The molecule has 3 rings (SSSR count). The van der Waals surface area contributed by atoms with Crippen LogP contribution < -0.4 is 14.8 Å². The van der Waals surface area contributed by atoms with Crippen molar-refractivity contribution in [3.63, 3.8) is 0 Å². The lowest BCUT2D eigenvalue weighted by Crippen LogP contribution is -2.07. The highest BCUT2D eigenvalue weighted by molar-refractivity contribution is 7.90. The molecule has 1 heterocycles. The number of ether oxygens (including phenoxy) is 2. The number of nitrogens with one attached hydrogen (secondary N) is 1. The Bertz CT molecular complexity index is 1240. The number of halogens is 2. The highest BCUT2D eigenvalue weighted by Gasteiger charge is 2.13. The number of sulfone groups is 1. The van der Waals surface area contributed by atoms with Gasteiger partial charge >= 0.3 is 6.61 Å². The van der Waals surface area contributed by atoms with E-state index in [0.29, 0.717) is 20.9 Å². The van der Waals surface area contributed by atoms with E-state index in [0.717, 1.165) is 17.6 Å². The van der Waals surface area contributed by atoms with Gasteiger partial charge in [0.25, 0.3) is 0 Å². The van der Waals surface area contributed by atoms with E-state index < -0.39 is 22.4 Å². The third-order valence-corrected chi connectivity index (χ3v) is 5.97. The summed E-state index contributed by atoms with van der Waals surface area (Å²) in [7, 11) is -3.35. The molecule has 3 aromatic rings.